The number of isocyanates is 1. The van der Waals surface area contributed by atoms with Crippen LogP contribution in [-0.2, 0) is 18.3 Å². The first-order chi connectivity index (χ1) is 5.33. The Morgan fingerprint density at radius 3 is 3.18 bits per heavy atom. The van der Waals surface area contributed by atoms with Crippen molar-refractivity contribution in [2.45, 2.75) is 6.42 Å². The van der Waals surface area contributed by atoms with Gasteiger partial charge in [-0.3, -0.25) is 4.68 Å². The van der Waals surface area contributed by atoms with E-state index in [1.807, 2.05) is 19.3 Å². The number of aryl methyl sites for hydroxylation is 1. The minimum Gasteiger partial charge on any atom is -0.276 e. The quantitative estimate of drug-likeness (QED) is 0.460. The smallest absolute Gasteiger partial charge is 0.234 e. The van der Waals surface area contributed by atoms with E-state index in [2.05, 4.69) is 10.1 Å². The van der Waals surface area contributed by atoms with Crippen molar-refractivity contribution in [3.8, 4) is 0 Å². The number of carbonyl (C=O) groups excluding carboxylic acids is 1. The van der Waals surface area contributed by atoms with Gasteiger partial charge in [-0.2, -0.15) is 5.10 Å². The first kappa shape index (κ1) is 7.69. The normalized spacial score (nSPS) is 9.18. The molecule has 0 N–H and O–H groups in total. The van der Waals surface area contributed by atoms with E-state index in [0.717, 1.165) is 5.69 Å². The molecule has 0 unspecified atom stereocenters. The molecule has 4 heteroatoms. The average molecular weight is 151 g/mol. The molecule has 1 rings (SSSR count). The molecule has 1 aromatic heterocycles. The maximum Gasteiger partial charge on any atom is 0.234 e. The van der Waals surface area contributed by atoms with Gasteiger partial charge in [-0.05, 0) is 6.07 Å². The predicted molar refractivity (Wildman–Crippen MR) is 39.9 cm³/mol. The van der Waals surface area contributed by atoms with Crippen LogP contribution in [0.2, 0.25) is 0 Å². The van der Waals surface area contributed by atoms with Crippen LogP contribution in [0.3, 0.4) is 0 Å². The van der Waals surface area contributed by atoms with Gasteiger partial charge in [-0.25, -0.2) is 9.79 Å². The van der Waals surface area contributed by atoms with Crippen molar-refractivity contribution in [3.63, 3.8) is 0 Å². The second-order valence-corrected chi connectivity index (χ2v) is 2.20. The van der Waals surface area contributed by atoms with Gasteiger partial charge in [-0.1, -0.05) is 0 Å². The maximum absolute atomic E-state index is 9.68. The Morgan fingerprint density at radius 2 is 2.64 bits per heavy atom. The van der Waals surface area contributed by atoms with Crippen LogP contribution in [0, 0.1) is 0 Å². The van der Waals surface area contributed by atoms with Crippen LogP contribution >= 0.6 is 0 Å². The van der Waals surface area contributed by atoms with Gasteiger partial charge in [0.25, 0.3) is 0 Å². The second kappa shape index (κ2) is 3.68. The summed E-state index contributed by atoms with van der Waals surface area (Å²) < 4.78 is 1.72. The predicted octanol–water partition coefficient (Wildman–Crippen LogP) is 0.298. The van der Waals surface area contributed by atoms with Crippen LogP contribution in [0.25, 0.3) is 0 Å². The largest absolute Gasteiger partial charge is 0.276 e. The fourth-order valence-electron chi connectivity index (χ4n) is 0.813. The van der Waals surface area contributed by atoms with E-state index >= 15 is 0 Å². The topological polar surface area (TPSA) is 47.2 Å². The molecule has 1 heterocycles. The summed E-state index contributed by atoms with van der Waals surface area (Å²) in [5.74, 6) is 0. The second-order valence-electron chi connectivity index (χ2n) is 2.20. The third-order valence-corrected chi connectivity index (χ3v) is 1.31. The first-order valence-corrected chi connectivity index (χ1v) is 3.35. The molecular weight excluding hydrogens is 142 g/mol. The lowest BCUT2D eigenvalue weighted by Gasteiger charge is -1.87. The Labute approximate surface area is 64.6 Å². The zero-order chi connectivity index (χ0) is 8.10. The highest BCUT2D eigenvalue weighted by atomic mass is 16.1. The lowest BCUT2D eigenvalue weighted by atomic mass is 10.3. The number of nitrogens with zero attached hydrogens (tertiary/aromatic N) is 3. The van der Waals surface area contributed by atoms with E-state index in [1.165, 1.54) is 6.08 Å². The van der Waals surface area contributed by atoms with Crippen molar-refractivity contribution in [1.82, 2.24) is 9.78 Å². The van der Waals surface area contributed by atoms with Crippen LogP contribution < -0.4 is 0 Å². The molecule has 4 nitrogen and oxygen atoms in total. The van der Waals surface area contributed by atoms with Gasteiger partial charge in [0.2, 0.25) is 6.08 Å². The summed E-state index contributed by atoms with van der Waals surface area (Å²) in [4.78, 5) is 13.1. The molecule has 0 aliphatic heterocycles. The third-order valence-electron chi connectivity index (χ3n) is 1.31. The zero-order valence-electron chi connectivity index (χ0n) is 6.32. The molecule has 11 heavy (non-hydrogen) atoms. The van der Waals surface area contributed by atoms with Crippen LogP contribution in [0.15, 0.2) is 17.3 Å². The molecule has 0 aromatic carbocycles. The SMILES string of the molecule is Cn1ccc(CCN=C=O)n1. The van der Waals surface area contributed by atoms with Gasteiger partial charge in [0.15, 0.2) is 0 Å². The van der Waals surface area contributed by atoms with Crippen molar-refractivity contribution in [2.75, 3.05) is 6.54 Å². The summed E-state index contributed by atoms with van der Waals surface area (Å²) >= 11 is 0. The summed E-state index contributed by atoms with van der Waals surface area (Å²) in [6.45, 7) is 0.473. The Morgan fingerprint density at radius 1 is 1.82 bits per heavy atom. The first-order valence-electron chi connectivity index (χ1n) is 3.35. The lowest BCUT2D eigenvalue weighted by Crippen LogP contribution is -1.93. The number of rotatable bonds is 3. The highest BCUT2D eigenvalue weighted by molar-refractivity contribution is 5.32. The van der Waals surface area contributed by atoms with Gasteiger partial charge in [0.1, 0.15) is 0 Å². The molecule has 0 spiro atoms. The van der Waals surface area contributed by atoms with E-state index < -0.39 is 0 Å². The molecule has 0 aliphatic rings. The highest BCUT2D eigenvalue weighted by Gasteiger charge is 1.93. The van der Waals surface area contributed by atoms with Gasteiger partial charge in [0.05, 0.1) is 12.2 Å². The molecule has 0 saturated heterocycles. The summed E-state index contributed by atoms with van der Waals surface area (Å²) in [7, 11) is 1.85. The number of hydrogen-bond acceptors (Lipinski definition) is 3. The van der Waals surface area contributed by atoms with E-state index in [4.69, 9.17) is 0 Å². The molecule has 0 radical (unpaired) electrons. The molecule has 58 valence electrons. The van der Waals surface area contributed by atoms with Gasteiger partial charge in [-0.15, -0.1) is 0 Å². The maximum atomic E-state index is 9.68. The molecular formula is C7H9N3O. The van der Waals surface area contributed by atoms with E-state index in [0.29, 0.717) is 13.0 Å². The van der Waals surface area contributed by atoms with Crippen LogP contribution in [0.5, 0.6) is 0 Å². The third kappa shape index (κ3) is 2.35. The molecule has 1 aromatic rings. The van der Waals surface area contributed by atoms with Crippen molar-refractivity contribution < 1.29 is 4.79 Å². The van der Waals surface area contributed by atoms with Crippen molar-refractivity contribution >= 4 is 6.08 Å². The Bertz CT molecular complexity index is 273. The van der Waals surface area contributed by atoms with E-state index in [9.17, 15) is 4.79 Å². The number of aromatic nitrogens is 2. The van der Waals surface area contributed by atoms with Crippen LogP contribution in [0.1, 0.15) is 5.69 Å². The number of hydrogen-bond donors (Lipinski definition) is 0. The Balaban J connectivity index is 2.44. The lowest BCUT2D eigenvalue weighted by molar-refractivity contribution is 0.562. The Hall–Kier alpha value is -1.41. The minimum absolute atomic E-state index is 0.473. The van der Waals surface area contributed by atoms with E-state index in [-0.39, 0.29) is 0 Å². The van der Waals surface area contributed by atoms with Crippen LogP contribution in [0.4, 0.5) is 0 Å². The summed E-state index contributed by atoms with van der Waals surface area (Å²) in [6, 6.07) is 1.90. The van der Waals surface area contributed by atoms with Crippen molar-refractivity contribution in [3.05, 3.63) is 18.0 Å². The molecule has 0 aliphatic carbocycles. The Kier molecular flexibility index (Phi) is 2.58. The molecule has 0 atom stereocenters. The van der Waals surface area contributed by atoms with E-state index in [1.54, 1.807) is 4.68 Å². The van der Waals surface area contributed by atoms with Gasteiger partial charge >= 0.3 is 0 Å². The standard InChI is InChI=1S/C7H9N3O/c1-10-5-3-7(9-10)2-4-8-6-11/h3,5H,2,4H2,1H3. The molecule has 0 fully saturated rings. The molecule has 0 saturated carbocycles. The minimum atomic E-state index is 0.473. The average Bonchev–Trinajstić information content (AvgIpc) is 2.37. The fraction of sp³-hybridized carbons (Fsp3) is 0.429. The number of aliphatic imine (C=N–C) groups is 1. The highest BCUT2D eigenvalue weighted by Crippen LogP contribution is 1.94. The summed E-state index contributed by atoms with van der Waals surface area (Å²) in [5.41, 5.74) is 0.950. The zero-order valence-corrected chi connectivity index (χ0v) is 6.32. The van der Waals surface area contributed by atoms with Crippen molar-refractivity contribution in [2.24, 2.45) is 12.0 Å². The summed E-state index contributed by atoms with van der Waals surface area (Å²) in [6.07, 6.45) is 4.05. The van der Waals surface area contributed by atoms with Crippen molar-refractivity contribution in [1.29, 1.82) is 0 Å². The molecule has 0 amide bonds. The fourth-order valence-corrected chi connectivity index (χ4v) is 0.813. The summed E-state index contributed by atoms with van der Waals surface area (Å²) in [5, 5.41) is 4.11. The molecule has 0 bridgehead atoms. The monoisotopic (exact) mass is 151 g/mol. The van der Waals surface area contributed by atoms with Gasteiger partial charge < -0.3 is 0 Å². The van der Waals surface area contributed by atoms with Crippen LogP contribution in [-0.4, -0.2) is 22.4 Å². The van der Waals surface area contributed by atoms with Gasteiger partial charge in [0, 0.05) is 19.7 Å².